The van der Waals surface area contributed by atoms with Gasteiger partial charge in [-0.15, -0.1) is 0 Å². The number of anilines is 2. The summed E-state index contributed by atoms with van der Waals surface area (Å²) in [5.74, 6) is -0.318. The molecule has 1 amide bonds. The molecule has 0 spiro atoms. The van der Waals surface area contributed by atoms with E-state index in [9.17, 15) is 13.2 Å². The van der Waals surface area contributed by atoms with Crippen molar-refractivity contribution in [2.45, 2.75) is 32.9 Å². The highest BCUT2D eigenvalue weighted by atomic mass is 35.5. The van der Waals surface area contributed by atoms with E-state index in [1.54, 1.807) is 30.3 Å². The van der Waals surface area contributed by atoms with Crippen LogP contribution in [-0.4, -0.2) is 45.0 Å². The number of nitrogens with one attached hydrogen (secondary N) is 1. The quantitative estimate of drug-likeness (QED) is 0.671. The summed E-state index contributed by atoms with van der Waals surface area (Å²) in [6.45, 7) is 4.06. The van der Waals surface area contributed by atoms with Crippen LogP contribution in [0.2, 0.25) is 5.02 Å². The van der Waals surface area contributed by atoms with Crippen molar-refractivity contribution in [2.75, 3.05) is 30.6 Å². The van der Waals surface area contributed by atoms with E-state index >= 15 is 0 Å². The lowest BCUT2D eigenvalue weighted by Crippen LogP contribution is -2.37. The number of halogens is 1. The first kappa shape index (κ1) is 23.2. The predicted molar refractivity (Wildman–Crippen MR) is 120 cm³/mol. The average Bonchev–Trinajstić information content (AvgIpc) is 2.64. The summed E-state index contributed by atoms with van der Waals surface area (Å²) in [7, 11) is 0.404. The number of benzene rings is 2. The van der Waals surface area contributed by atoms with Crippen molar-refractivity contribution in [3.63, 3.8) is 0 Å². The summed E-state index contributed by atoms with van der Waals surface area (Å²) in [5, 5.41) is 3.22. The maximum absolute atomic E-state index is 12.6. The van der Waals surface area contributed by atoms with Crippen molar-refractivity contribution in [1.82, 2.24) is 4.31 Å². The molecule has 2 aromatic rings. The van der Waals surface area contributed by atoms with Crippen molar-refractivity contribution in [3.05, 3.63) is 58.6 Å². The minimum Gasteiger partial charge on any atom is -0.377 e. The van der Waals surface area contributed by atoms with Gasteiger partial charge >= 0.3 is 0 Å². The Morgan fingerprint density at radius 3 is 2.38 bits per heavy atom. The molecule has 0 aliphatic rings. The molecule has 0 bridgehead atoms. The molecule has 158 valence electrons. The van der Waals surface area contributed by atoms with Gasteiger partial charge in [0.05, 0.1) is 16.8 Å². The minimum absolute atomic E-state index is 0.138. The average molecular weight is 438 g/mol. The maximum atomic E-state index is 12.6. The number of carbonyl (C=O) groups is 1. The highest BCUT2D eigenvalue weighted by molar-refractivity contribution is 7.88. The van der Waals surface area contributed by atoms with E-state index in [4.69, 9.17) is 11.6 Å². The van der Waals surface area contributed by atoms with Gasteiger partial charge in [-0.3, -0.25) is 4.79 Å². The third-order valence-electron chi connectivity index (χ3n) is 4.77. The molecule has 2 aromatic carbocycles. The first-order valence-corrected chi connectivity index (χ1v) is 11.6. The Morgan fingerprint density at radius 2 is 1.83 bits per heavy atom. The smallest absolute Gasteiger partial charge is 0.257 e. The molecule has 0 aliphatic heterocycles. The van der Waals surface area contributed by atoms with Gasteiger partial charge in [0.25, 0.3) is 5.91 Å². The van der Waals surface area contributed by atoms with Gasteiger partial charge in [0.1, 0.15) is 0 Å². The lowest BCUT2D eigenvalue weighted by atomic mass is 10.1. The standard InChI is InChI=1S/C21H28ClN3O3S/c1-6-15(2)25(29(5,27)28)14-16-13-17(11-12-20(16)24(3)4)23-21(26)18-9-7-8-10-19(18)22/h7-13,15H,6,14H2,1-5H3,(H,23,26)/t15-/m1/s1. The monoisotopic (exact) mass is 437 g/mol. The van der Waals surface area contributed by atoms with Crippen molar-refractivity contribution < 1.29 is 13.2 Å². The van der Waals surface area contributed by atoms with E-state index in [1.165, 1.54) is 10.6 Å². The Balaban J connectivity index is 2.39. The van der Waals surface area contributed by atoms with E-state index in [2.05, 4.69) is 5.32 Å². The molecule has 0 heterocycles. The molecule has 0 radical (unpaired) electrons. The van der Waals surface area contributed by atoms with Crippen LogP contribution in [-0.2, 0) is 16.6 Å². The topological polar surface area (TPSA) is 69.7 Å². The molecule has 1 N–H and O–H groups in total. The van der Waals surface area contributed by atoms with Gasteiger partial charge in [-0.05, 0) is 49.2 Å². The fraction of sp³-hybridized carbons (Fsp3) is 0.381. The van der Waals surface area contributed by atoms with Crippen molar-refractivity contribution >= 4 is 38.9 Å². The molecule has 0 aromatic heterocycles. The normalized spacial score (nSPS) is 12.7. The second-order valence-corrected chi connectivity index (χ2v) is 9.58. The van der Waals surface area contributed by atoms with Gasteiger partial charge in [0.2, 0.25) is 10.0 Å². The van der Waals surface area contributed by atoms with Gasteiger partial charge in [-0.1, -0.05) is 30.7 Å². The van der Waals surface area contributed by atoms with E-state index in [-0.39, 0.29) is 18.5 Å². The van der Waals surface area contributed by atoms with E-state index in [0.29, 0.717) is 22.7 Å². The number of rotatable bonds is 8. The molecular weight excluding hydrogens is 410 g/mol. The van der Waals surface area contributed by atoms with Crippen LogP contribution in [0.5, 0.6) is 0 Å². The molecule has 0 unspecified atom stereocenters. The minimum atomic E-state index is -3.39. The van der Waals surface area contributed by atoms with Crippen LogP contribution in [0.25, 0.3) is 0 Å². The second kappa shape index (κ2) is 9.61. The second-order valence-electron chi connectivity index (χ2n) is 7.24. The van der Waals surface area contributed by atoms with Crippen LogP contribution in [0.3, 0.4) is 0 Å². The number of nitrogens with zero attached hydrogens (tertiary/aromatic N) is 2. The van der Waals surface area contributed by atoms with Crippen LogP contribution in [0, 0.1) is 0 Å². The Kier molecular flexibility index (Phi) is 7.68. The van der Waals surface area contributed by atoms with Gasteiger partial charge < -0.3 is 10.2 Å². The number of sulfonamides is 1. The van der Waals surface area contributed by atoms with Gasteiger partial charge in [-0.2, -0.15) is 4.31 Å². The van der Waals surface area contributed by atoms with Crippen molar-refractivity contribution in [3.8, 4) is 0 Å². The lowest BCUT2D eigenvalue weighted by Gasteiger charge is -2.28. The number of hydrogen-bond acceptors (Lipinski definition) is 4. The van der Waals surface area contributed by atoms with Crippen LogP contribution >= 0.6 is 11.6 Å². The largest absolute Gasteiger partial charge is 0.377 e. The third-order valence-corrected chi connectivity index (χ3v) is 6.44. The number of hydrogen-bond donors (Lipinski definition) is 1. The van der Waals surface area contributed by atoms with E-state index in [0.717, 1.165) is 11.3 Å². The molecule has 1 atom stereocenters. The summed E-state index contributed by atoms with van der Waals surface area (Å²) in [6, 6.07) is 12.2. The molecule has 0 saturated carbocycles. The molecule has 2 rings (SSSR count). The van der Waals surface area contributed by atoms with Crippen LogP contribution in [0.1, 0.15) is 36.2 Å². The SMILES string of the molecule is CC[C@@H](C)N(Cc1cc(NC(=O)c2ccccc2Cl)ccc1N(C)C)S(C)(=O)=O. The molecule has 8 heteroatoms. The zero-order chi connectivity index (χ0) is 21.8. The van der Waals surface area contributed by atoms with E-state index < -0.39 is 10.0 Å². The van der Waals surface area contributed by atoms with Gasteiger partial charge in [0, 0.05) is 38.1 Å². The Bertz CT molecular complexity index is 977. The summed E-state index contributed by atoms with van der Waals surface area (Å²) in [5.41, 5.74) is 2.65. The first-order valence-electron chi connectivity index (χ1n) is 9.37. The fourth-order valence-electron chi connectivity index (χ4n) is 3.04. The molecule has 0 saturated heterocycles. The Morgan fingerprint density at radius 1 is 1.17 bits per heavy atom. The molecule has 0 aliphatic carbocycles. The van der Waals surface area contributed by atoms with Gasteiger partial charge in [-0.25, -0.2) is 8.42 Å². The fourth-order valence-corrected chi connectivity index (χ4v) is 4.44. The summed E-state index contributed by atoms with van der Waals surface area (Å²) in [6.07, 6.45) is 1.92. The lowest BCUT2D eigenvalue weighted by molar-refractivity contribution is 0.102. The molecular formula is C21H28ClN3O3S. The Labute approximate surface area is 178 Å². The molecule has 0 fully saturated rings. The molecule has 6 nitrogen and oxygen atoms in total. The zero-order valence-electron chi connectivity index (χ0n) is 17.4. The van der Waals surface area contributed by atoms with Crippen LogP contribution < -0.4 is 10.2 Å². The summed E-state index contributed by atoms with van der Waals surface area (Å²) >= 11 is 6.11. The summed E-state index contributed by atoms with van der Waals surface area (Å²) < 4.78 is 26.1. The van der Waals surface area contributed by atoms with Crippen molar-refractivity contribution in [2.24, 2.45) is 0 Å². The molecule has 29 heavy (non-hydrogen) atoms. The third kappa shape index (κ3) is 5.95. The number of carbonyl (C=O) groups excluding carboxylic acids is 1. The van der Waals surface area contributed by atoms with Gasteiger partial charge in [0.15, 0.2) is 0 Å². The van der Waals surface area contributed by atoms with E-state index in [1.807, 2.05) is 45.0 Å². The van der Waals surface area contributed by atoms with Crippen LogP contribution in [0.4, 0.5) is 11.4 Å². The van der Waals surface area contributed by atoms with Crippen LogP contribution in [0.15, 0.2) is 42.5 Å². The Hall–Kier alpha value is -2.09. The number of amides is 1. The maximum Gasteiger partial charge on any atom is 0.257 e. The highest BCUT2D eigenvalue weighted by Gasteiger charge is 2.24. The predicted octanol–water partition coefficient (Wildman–Crippen LogP) is 4.22. The summed E-state index contributed by atoms with van der Waals surface area (Å²) in [4.78, 5) is 14.5. The van der Waals surface area contributed by atoms with Crippen molar-refractivity contribution in [1.29, 1.82) is 0 Å². The zero-order valence-corrected chi connectivity index (χ0v) is 19.0. The highest BCUT2D eigenvalue weighted by Crippen LogP contribution is 2.27. The first-order chi connectivity index (χ1) is 13.5.